The highest BCUT2D eigenvalue weighted by molar-refractivity contribution is 5.03. The van der Waals surface area contributed by atoms with E-state index in [1.54, 1.807) is 0 Å². The number of epoxide rings is 1. The van der Waals surface area contributed by atoms with Crippen molar-refractivity contribution in [1.82, 2.24) is 0 Å². The second-order valence-electron chi connectivity index (χ2n) is 3.61. The van der Waals surface area contributed by atoms with E-state index in [0.717, 1.165) is 0 Å². The van der Waals surface area contributed by atoms with E-state index in [1.165, 1.54) is 0 Å². The molecule has 1 nitrogen and oxygen atoms in total. The summed E-state index contributed by atoms with van der Waals surface area (Å²) >= 11 is 0. The minimum absolute atomic E-state index is 0.0711. The van der Waals surface area contributed by atoms with Crippen LogP contribution in [-0.4, -0.2) is 30.5 Å². The lowest BCUT2D eigenvalue weighted by atomic mass is 9.99. The summed E-state index contributed by atoms with van der Waals surface area (Å²) in [7, 11) is 0. The number of halogens is 8. The highest BCUT2D eigenvalue weighted by Gasteiger charge is 2.75. The van der Waals surface area contributed by atoms with Crippen LogP contribution >= 0.6 is 0 Å². The first-order valence-electron chi connectivity index (χ1n) is 4.46. The third-order valence-electron chi connectivity index (χ3n) is 2.27. The first-order chi connectivity index (χ1) is 7.52. The molecule has 0 bridgehead atoms. The molecule has 101 valence electrons. The van der Waals surface area contributed by atoms with Crippen LogP contribution in [0.5, 0.6) is 0 Å². The molecular weight excluding hydrogens is 264 g/mol. The first-order valence-corrected chi connectivity index (χ1v) is 4.46. The molecule has 0 aliphatic carbocycles. The molecule has 1 unspecified atom stereocenters. The Kier molecular flexibility index (Phi) is 3.62. The van der Waals surface area contributed by atoms with Crippen LogP contribution in [0.3, 0.4) is 0 Å². The van der Waals surface area contributed by atoms with Gasteiger partial charge in [0.05, 0.1) is 12.7 Å². The van der Waals surface area contributed by atoms with Gasteiger partial charge < -0.3 is 4.74 Å². The molecule has 1 heterocycles. The highest BCUT2D eigenvalue weighted by Crippen LogP contribution is 2.52. The minimum Gasteiger partial charge on any atom is -0.373 e. The predicted octanol–water partition coefficient (Wildman–Crippen LogP) is 3.50. The van der Waals surface area contributed by atoms with Crippen molar-refractivity contribution in [3.8, 4) is 0 Å². The van der Waals surface area contributed by atoms with Crippen LogP contribution in [0.2, 0.25) is 0 Å². The summed E-state index contributed by atoms with van der Waals surface area (Å²) in [6.07, 6.45) is -6.96. The topological polar surface area (TPSA) is 12.5 Å². The van der Waals surface area contributed by atoms with E-state index in [9.17, 15) is 35.1 Å². The van der Waals surface area contributed by atoms with Gasteiger partial charge in [0.15, 0.2) is 0 Å². The van der Waals surface area contributed by atoms with Crippen LogP contribution in [0.15, 0.2) is 0 Å². The van der Waals surface area contributed by atoms with Crippen LogP contribution in [0, 0.1) is 6.43 Å². The SMILES string of the molecule is F[C](F)C(F)(F)C(F)(F)C(F)(F)CCC1CO1. The quantitative estimate of drug-likeness (QED) is 0.532. The smallest absolute Gasteiger partial charge is 0.373 e. The highest BCUT2D eigenvalue weighted by atomic mass is 19.4. The molecular formula is C8H7F8O. The minimum atomic E-state index is -6.15. The second-order valence-corrected chi connectivity index (χ2v) is 3.61. The number of hydrogen-bond acceptors (Lipinski definition) is 1. The van der Waals surface area contributed by atoms with Gasteiger partial charge in [-0.25, -0.2) is 0 Å². The van der Waals surface area contributed by atoms with Crippen molar-refractivity contribution in [2.75, 3.05) is 6.61 Å². The zero-order valence-corrected chi connectivity index (χ0v) is 8.13. The number of ether oxygens (including phenoxy) is 1. The Labute approximate surface area is 90.7 Å². The van der Waals surface area contributed by atoms with Crippen LogP contribution in [0.4, 0.5) is 35.1 Å². The summed E-state index contributed by atoms with van der Waals surface area (Å²) in [5.74, 6) is -17.5. The fourth-order valence-electron chi connectivity index (χ4n) is 1.08. The zero-order valence-electron chi connectivity index (χ0n) is 8.13. The molecule has 0 aromatic heterocycles. The van der Waals surface area contributed by atoms with E-state index >= 15 is 0 Å². The van der Waals surface area contributed by atoms with E-state index in [-0.39, 0.29) is 6.61 Å². The average molecular weight is 271 g/mol. The Bertz CT molecular complexity index is 273. The first kappa shape index (κ1) is 14.5. The second kappa shape index (κ2) is 4.25. The maximum absolute atomic E-state index is 12.8. The Balaban J connectivity index is 2.77. The molecule has 1 aliphatic rings. The Morgan fingerprint density at radius 1 is 1.06 bits per heavy atom. The molecule has 0 aromatic carbocycles. The van der Waals surface area contributed by atoms with Gasteiger partial charge in [0.25, 0.3) is 0 Å². The van der Waals surface area contributed by atoms with E-state index in [1.807, 2.05) is 0 Å². The van der Waals surface area contributed by atoms with Crippen molar-refractivity contribution in [3.05, 3.63) is 6.43 Å². The van der Waals surface area contributed by atoms with Gasteiger partial charge in [-0.1, -0.05) is 0 Å². The van der Waals surface area contributed by atoms with Crippen LogP contribution < -0.4 is 0 Å². The summed E-state index contributed by atoms with van der Waals surface area (Å²) in [5, 5.41) is 0. The lowest BCUT2D eigenvalue weighted by molar-refractivity contribution is -0.319. The molecule has 17 heavy (non-hydrogen) atoms. The molecule has 0 saturated carbocycles. The largest absolute Gasteiger partial charge is 0.384 e. The maximum atomic E-state index is 12.8. The molecule has 0 amide bonds. The monoisotopic (exact) mass is 271 g/mol. The van der Waals surface area contributed by atoms with Gasteiger partial charge in [-0.15, -0.1) is 0 Å². The fraction of sp³-hybridized carbons (Fsp3) is 0.875. The Hall–Kier alpha value is -0.600. The summed E-state index contributed by atoms with van der Waals surface area (Å²) in [4.78, 5) is 0. The van der Waals surface area contributed by atoms with Gasteiger partial charge in [-0.2, -0.15) is 35.1 Å². The molecule has 1 atom stereocenters. The van der Waals surface area contributed by atoms with Gasteiger partial charge in [0, 0.05) is 6.42 Å². The lowest BCUT2D eigenvalue weighted by Gasteiger charge is -2.31. The summed E-state index contributed by atoms with van der Waals surface area (Å²) in [5.41, 5.74) is 0. The van der Waals surface area contributed by atoms with Gasteiger partial charge in [0.1, 0.15) is 0 Å². The van der Waals surface area contributed by atoms with E-state index < -0.39 is 43.1 Å². The van der Waals surface area contributed by atoms with Crippen molar-refractivity contribution in [2.24, 2.45) is 0 Å². The third-order valence-corrected chi connectivity index (χ3v) is 2.27. The number of rotatable bonds is 6. The Morgan fingerprint density at radius 2 is 1.53 bits per heavy atom. The summed E-state index contributed by atoms with van der Waals surface area (Å²) in [6.45, 7) is 0.0711. The van der Waals surface area contributed by atoms with Crippen LogP contribution in [-0.2, 0) is 4.74 Å². The summed E-state index contributed by atoms with van der Waals surface area (Å²) in [6, 6.07) is 0. The van der Waals surface area contributed by atoms with E-state index in [4.69, 9.17) is 0 Å². The van der Waals surface area contributed by atoms with Crippen molar-refractivity contribution in [2.45, 2.75) is 36.7 Å². The average Bonchev–Trinajstić information content (AvgIpc) is 2.97. The van der Waals surface area contributed by atoms with Crippen molar-refractivity contribution in [3.63, 3.8) is 0 Å². The lowest BCUT2D eigenvalue weighted by Crippen LogP contribution is -2.55. The van der Waals surface area contributed by atoms with Gasteiger partial charge >= 0.3 is 24.2 Å². The standard InChI is InChI=1S/C8H7F8O/c9-5(10)7(13,14)8(15,16)6(11,12)2-1-4-3-17-4/h4H,1-3H2. The molecule has 0 spiro atoms. The molecule has 0 aromatic rings. The van der Waals surface area contributed by atoms with Crippen molar-refractivity contribution < 1.29 is 39.9 Å². The Morgan fingerprint density at radius 3 is 1.88 bits per heavy atom. The molecule has 1 fully saturated rings. The fourth-order valence-corrected chi connectivity index (χ4v) is 1.08. The number of hydrogen-bond donors (Lipinski definition) is 0. The molecule has 1 aliphatic heterocycles. The predicted molar refractivity (Wildman–Crippen MR) is 39.3 cm³/mol. The summed E-state index contributed by atoms with van der Waals surface area (Å²) < 4.78 is 103. The number of alkyl halides is 6. The molecule has 0 N–H and O–H groups in total. The van der Waals surface area contributed by atoms with E-state index in [2.05, 4.69) is 4.74 Å². The molecule has 1 saturated heterocycles. The normalized spacial score (nSPS) is 22.1. The van der Waals surface area contributed by atoms with Gasteiger partial charge in [-0.3, -0.25) is 0 Å². The molecule has 1 radical (unpaired) electrons. The van der Waals surface area contributed by atoms with Crippen LogP contribution in [0.25, 0.3) is 0 Å². The van der Waals surface area contributed by atoms with Crippen LogP contribution in [0.1, 0.15) is 12.8 Å². The molecule has 1 rings (SSSR count). The maximum Gasteiger partial charge on any atom is 0.384 e. The van der Waals surface area contributed by atoms with Crippen molar-refractivity contribution >= 4 is 0 Å². The molecule has 9 heteroatoms. The van der Waals surface area contributed by atoms with Gasteiger partial charge in [-0.05, 0) is 6.42 Å². The van der Waals surface area contributed by atoms with E-state index in [0.29, 0.717) is 0 Å². The third kappa shape index (κ3) is 2.63. The van der Waals surface area contributed by atoms with Crippen molar-refractivity contribution in [1.29, 1.82) is 0 Å². The zero-order chi connectivity index (χ0) is 13.5. The van der Waals surface area contributed by atoms with Gasteiger partial charge in [0.2, 0.25) is 0 Å².